The summed E-state index contributed by atoms with van der Waals surface area (Å²) in [6.45, 7) is 4.25. The van der Waals surface area contributed by atoms with Gasteiger partial charge in [0.1, 0.15) is 5.60 Å². The van der Waals surface area contributed by atoms with Gasteiger partial charge in [0.2, 0.25) is 0 Å². The molecule has 3 saturated carbocycles. The van der Waals surface area contributed by atoms with E-state index in [-0.39, 0.29) is 17.8 Å². The lowest BCUT2D eigenvalue weighted by Gasteiger charge is -2.64. The third-order valence-electron chi connectivity index (χ3n) is 4.52. The predicted molar refractivity (Wildman–Crippen MR) is 51.2 cm³/mol. The largest absolute Gasteiger partial charge is 0.390 e. The standard InChI is InChI=1S/C11H17NO2/c1-10(2)7-5-8(10)11(14,3-4-12)9(13)6-7/h7-9,13-14H,3,5-6H2,1-2H3/t7-,8-,9+,11-/m0/s1. The number of nitriles is 1. The molecular formula is C11H17NO2. The number of nitrogens with zero attached hydrogens (tertiary/aromatic N) is 1. The Balaban J connectivity index is 2.28. The molecule has 3 rings (SSSR count). The summed E-state index contributed by atoms with van der Waals surface area (Å²) in [5.41, 5.74) is -1.07. The van der Waals surface area contributed by atoms with Crippen molar-refractivity contribution in [3.05, 3.63) is 0 Å². The Bertz CT molecular complexity index is 294. The van der Waals surface area contributed by atoms with Crippen LogP contribution < -0.4 is 0 Å². The van der Waals surface area contributed by atoms with Crippen LogP contribution in [0.1, 0.15) is 33.1 Å². The molecule has 14 heavy (non-hydrogen) atoms. The van der Waals surface area contributed by atoms with Crippen molar-refractivity contribution in [2.75, 3.05) is 0 Å². The molecule has 0 heterocycles. The first-order valence-electron chi connectivity index (χ1n) is 5.20. The van der Waals surface area contributed by atoms with Crippen LogP contribution in [0.25, 0.3) is 0 Å². The van der Waals surface area contributed by atoms with Gasteiger partial charge in [-0.25, -0.2) is 0 Å². The van der Waals surface area contributed by atoms with E-state index in [0.29, 0.717) is 12.3 Å². The first-order chi connectivity index (χ1) is 6.43. The van der Waals surface area contributed by atoms with Crippen molar-refractivity contribution in [2.45, 2.75) is 44.8 Å². The van der Waals surface area contributed by atoms with Crippen molar-refractivity contribution in [3.8, 4) is 6.07 Å². The van der Waals surface area contributed by atoms with E-state index in [0.717, 1.165) is 6.42 Å². The fourth-order valence-electron chi connectivity index (χ4n) is 3.34. The molecule has 0 amide bonds. The average Bonchev–Trinajstić information content (AvgIpc) is 2.09. The minimum atomic E-state index is -1.16. The molecule has 0 aromatic rings. The van der Waals surface area contributed by atoms with Crippen molar-refractivity contribution in [1.29, 1.82) is 5.26 Å². The van der Waals surface area contributed by atoms with Crippen LogP contribution in [0.4, 0.5) is 0 Å². The molecule has 78 valence electrons. The summed E-state index contributed by atoms with van der Waals surface area (Å²) in [4.78, 5) is 0. The summed E-state index contributed by atoms with van der Waals surface area (Å²) >= 11 is 0. The molecule has 2 N–H and O–H groups in total. The predicted octanol–water partition coefficient (Wildman–Crippen LogP) is 1.06. The third-order valence-corrected chi connectivity index (χ3v) is 4.52. The van der Waals surface area contributed by atoms with Gasteiger partial charge >= 0.3 is 0 Å². The Hall–Kier alpha value is -0.590. The Morgan fingerprint density at radius 3 is 2.57 bits per heavy atom. The van der Waals surface area contributed by atoms with Gasteiger partial charge in [-0.05, 0) is 30.1 Å². The normalized spacial score (nSPS) is 49.2. The van der Waals surface area contributed by atoms with Gasteiger partial charge in [-0.1, -0.05) is 13.8 Å². The summed E-state index contributed by atoms with van der Waals surface area (Å²) < 4.78 is 0. The summed E-state index contributed by atoms with van der Waals surface area (Å²) in [5, 5.41) is 28.8. The van der Waals surface area contributed by atoms with E-state index in [1.807, 2.05) is 6.07 Å². The Morgan fingerprint density at radius 2 is 2.07 bits per heavy atom. The van der Waals surface area contributed by atoms with E-state index in [4.69, 9.17) is 5.26 Å². The number of aliphatic hydroxyl groups is 2. The smallest absolute Gasteiger partial charge is 0.107 e. The maximum Gasteiger partial charge on any atom is 0.107 e. The lowest BCUT2D eigenvalue weighted by atomic mass is 9.43. The van der Waals surface area contributed by atoms with Crippen LogP contribution in [-0.4, -0.2) is 21.9 Å². The van der Waals surface area contributed by atoms with Gasteiger partial charge in [0.15, 0.2) is 0 Å². The monoisotopic (exact) mass is 195 g/mol. The van der Waals surface area contributed by atoms with E-state index in [2.05, 4.69) is 13.8 Å². The fraction of sp³-hybridized carbons (Fsp3) is 0.909. The molecule has 0 unspecified atom stereocenters. The fourth-order valence-corrected chi connectivity index (χ4v) is 3.34. The number of rotatable bonds is 1. The highest BCUT2D eigenvalue weighted by Crippen LogP contribution is 2.63. The lowest BCUT2D eigenvalue weighted by Crippen LogP contribution is -2.67. The molecular weight excluding hydrogens is 178 g/mol. The minimum absolute atomic E-state index is 0.0506. The lowest BCUT2D eigenvalue weighted by molar-refractivity contribution is -0.251. The van der Waals surface area contributed by atoms with Crippen LogP contribution in [-0.2, 0) is 0 Å². The zero-order chi connectivity index (χ0) is 10.6. The number of hydrogen-bond acceptors (Lipinski definition) is 3. The van der Waals surface area contributed by atoms with Crippen molar-refractivity contribution in [2.24, 2.45) is 17.3 Å². The third kappa shape index (κ3) is 0.986. The summed E-state index contributed by atoms with van der Waals surface area (Å²) in [6.07, 6.45) is 0.942. The van der Waals surface area contributed by atoms with Crippen molar-refractivity contribution < 1.29 is 10.2 Å². The van der Waals surface area contributed by atoms with Crippen LogP contribution in [0.15, 0.2) is 0 Å². The maximum atomic E-state index is 10.3. The Labute approximate surface area is 84.4 Å². The highest BCUT2D eigenvalue weighted by molar-refractivity contribution is 5.15. The molecule has 3 aliphatic carbocycles. The van der Waals surface area contributed by atoms with Gasteiger partial charge in [0, 0.05) is 0 Å². The second-order valence-corrected chi connectivity index (χ2v) is 5.38. The van der Waals surface area contributed by atoms with Crippen molar-refractivity contribution in [1.82, 2.24) is 0 Å². The van der Waals surface area contributed by atoms with Gasteiger partial charge in [-0.2, -0.15) is 5.26 Å². The van der Waals surface area contributed by atoms with E-state index >= 15 is 0 Å². The van der Waals surface area contributed by atoms with Gasteiger partial charge in [0.05, 0.1) is 18.6 Å². The van der Waals surface area contributed by atoms with Gasteiger partial charge in [-0.3, -0.25) is 0 Å². The van der Waals surface area contributed by atoms with Gasteiger partial charge in [-0.15, -0.1) is 0 Å². The highest BCUT2D eigenvalue weighted by Gasteiger charge is 2.64. The molecule has 3 aliphatic rings. The van der Waals surface area contributed by atoms with Crippen LogP contribution in [0.5, 0.6) is 0 Å². The Morgan fingerprint density at radius 1 is 1.43 bits per heavy atom. The molecule has 3 fully saturated rings. The number of fused-ring (bicyclic) bond motifs is 2. The molecule has 4 atom stereocenters. The zero-order valence-electron chi connectivity index (χ0n) is 8.70. The molecule has 3 nitrogen and oxygen atoms in total. The minimum Gasteiger partial charge on any atom is -0.390 e. The summed E-state index contributed by atoms with van der Waals surface area (Å²) in [5.74, 6) is 0.602. The molecule has 0 aliphatic heterocycles. The van der Waals surface area contributed by atoms with Crippen LogP contribution in [0.2, 0.25) is 0 Å². The summed E-state index contributed by atoms with van der Waals surface area (Å²) in [7, 11) is 0. The van der Waals surface area contributed by atoms with Crippen LogP contribution in [0, 0.1) is 28.6 Å². The topological polar surface area (TPSA) is 64.2 Å². The van der Waals surface area contributed by atoms with Crippen LogP contribution in [0.3, 0.4) is 0 Å². The van der Waals surface area contributed by atoms with Gasteiger partial charge < -0.3 is 10.2 Å². The van der Waals surface area contributed by atoms with Crippen molar-refractivity contribution >= 4 is 0 Å². The maximum absolute atomic E-state index is 10.3. The molecule has 0 radical (unpaired) electrons. The van der Waals surface area contributed by atoms with E-state index in [1.165, 1.54) is 0 Å². The van der Waals surface area contributed by atoms with Crippen LogP contribution >= 0.6 is 0 Å². The molecule has 0 aromatic carbocycles. The number of hydrogen-bond donors (Lipinski definition) is 2. The molecule has 0 spiro atoms. The van der Waals surface area contributed by atoms with Crippen molar-refractivity contribution in [3.63, 3.8) is 0 Å². The quantitative estimate of drug-likeness (QED) is 0.657. The highest BCUT2D eigenvalue weighted by atomic mass is 16.3. The van der Waals surface area contributed by atoms with E-state index in [1.54, 1.807) is 0 Å². The first-order valence-corrected chi connectivity index (χ1v) is 5.20. The molecule has 0 saturated heterocycles. The van der Waals surface area contributed by atoms with E-state index in [9.17, 15) is 10.2 Å². The SMILES string of the molecule is CC1(C)[C@@H]2C[C@@H](O)[C@](O)(CC#N)[C@H]1C2. The first kappa shape index (κ1) is 9.95. The second-order valence-electron chi connectivity index (χ2n) is 5.38. The van der Waals surface area contributed by atoms with Gasteiger partial charge in [0.25, 0.3) is 0 Å². The zero-order valence-corrected chi connectivity index (χ0v) is 8.70. The molecule has 0 aromatic heterocycles. The second kappa shape index (κ2) is 2.71. The molecule has 2 bridgehead atoms. The van der Waals surface area contributed by atoms with E-state index < -0.39 is 11.7 Å². The summed E-state index contributed by atoms with van der Waals surface area (Å²) in [6, 6.07) is 1.99. The average molecular weight is 195 g/mol. The number of aliphatic hydroxyl groups excluding tert-OH is 1. The molecule has 3 heteroatoms. The Kier molecular flexibility index (Phi) is 1.93.